The minimum Gasteiger partial charge on any atom is -0.0798 e. The van der Waals surface area contributed by atoms with Crippen molar-refractivity contribution in [1.82, 2.24) is 0 Å². The van der Waals surface area contributed by atoms with Crippen molar-refractivity contribution in [2.45, 2.75) is 12.8 Å². The molecule has 0 fully saturated rings. The predicted octanol–water partition coefficient (Wildman–Crippen LogP) is 3.07. The monoisotopic (exact) mass is 154 g/mol. The van der Waals surface area contributed by atoms with Crippen molar-refractivity contribution in [2.24, 2.45) is 0 Å². The maximum absolute atomic E-state index is 2.33. The normalized spacial score (nSPS) is 24.0. The first-order valence-electron chi connectivity index (χ1n) is 4.43. The molecule has 58 valence electrons. The van der Waals surface area contributed by atoms with Crippen molar-refractivity contribution in [3.8, 4) is 0 Å². The lowest BCUT2D eigenvalue weighted by molar-refractivity contribution is 1.09. The summed E-state index contributed by atoms with van der Waals surface area (Å²) in [7, 11) is 0. The van der Waals surface area contributed by atoms with Crippen LogP contribution >= 0.6 is 0 Å². The van der Waals surface area contributed by atoms with Gasteiger partial charge in [0.05, 0.1) is 0 Å². The Balaban J connectivity index is 2.16. The molecule has 0 saturated carbocycles. The third kappa shape index (κ3) is 0.672. The molecular formula is C12H10. The molecule has 0 bridgehead atoms. The smallest absolute Gasteiger partial charge is 0.0115 e. The molecule has 0 N–H and O–H groups in total. The molecule has 0 unspecified atom stereocenters. The fourth-order valence-electron chi connectivity index (χ4n) is 2.11. The first-order chi connectivity index (χ1) is 5.95. The molecule has 3 aliphatic carbocycles. The molecule has 0 heterocycles. The number of hydrogen-bond acceptors (Lipinski definition) is 0. The highest BCUT2D eigenvalue weighted by Gasteiger charge is 2.19. The molecule has 0 aromatic heterocycles. The van der Waals surface area contributed by atoms with Crippen molar-refractivity contribution >= 4 is 0 Å². The van der Waals surface area contributed by atoms with E-state index in [-0.39, 0.29) is 0 Å². The standard InChI is InChI=1S/C12H10/c1-3-9-7-8-10-4-2-6-12(10)11(9)5-1/h1-3,5-7H,4,8H2. The minimum atomic E-state index is 1.15. The van der Waals surface area contributed by atoms with E-state index in [4.69, 9.17) is 0 Å². The second kappa shape index (κ2) is 2.10. The van der Waals surface area contributed by atoms with E-state index >= 15 is 0 Å². The fraction of sp³-hybridized carbons (Fsp3) is 0.167. The highest BCUT2D eigenvalue weighted by atomic mass is 14.2. The van der Waals surface area contributed by atoms with E-state index in [9.17, 15) is 0 Å². The van der Waals surface area contributed by atoms with Crippen LogP contribution in [0.1, 0.15) is 12.8 Å². The van der Waals surface area contributed by atoms with Gasteiger partial charge in [0.1, 0.15) is 0 Å². The molecule has 0 saturated heterocycles. The summed E-state index contributed by atoms with van der Waals surface area (Å²) in [6.45, 7) is 0. The van der Waals surface area contributed by atoms with E-state index in [0.29, 0.717) is 0 Å². The van der Waals surface area contributed by atoms with Crippen LogP contribution < -0.4 is 0 Å². The Kier molecular flexibility index (Phi) is 1.09. The fourth-order valence-corrected chi connectivity index (χ4v) is 2.11. The summed E-state index contributed by atoms with van der Waals surface area (Å²) in [4.78, 5) is 0. The SMILES string of the molecule is C1=CC2=CCC3=C(C=CC3)C2=C1. The van der Waals surface area contributed by atoms with Gasteiger partial charge in [0.2, 0.25) is 0 Å². The largest absolute Gasteiger partial charge is 0.0798 e. The van der Waals surface area contributed by atoms with Gasteiger partial charge in [-0.15, -0.1) is 0 Å². The predicted molar refractivity (Wildman–Crippen MR) is 50.7 cm³/mol. The summed E-state index contributed by atoms with van der Waals surface area (Å²) in [5.41, 5.74) is 5.93. The number of fused-ring (bicyclic) bond motifs is 2. The first-order valence-corrected chi connectivity index (χ1v) is 4.43. The Morgan fingerprint density at radius 2 is 2.08 bits per heavy atom. The zero-order valence-corrected chi connectivity index (χ0v) is 6.88. The molecule has 3 aliphatic rings. The third-order valence-corrected chi connectivity index (χ3v) is 2.74. The van der Waals surface area contributed by atoms with Crippen LogP contribution in [0.2, 0.25) is 0 Å². The van der Waals surface area contributed by atoms with Gasteiger partial charge in [-0.2, -0.15) is 0 Å². The molecule has 0 amide bonds. The zero-order chi connectivity index (χ0) is 7.97. The first kappa shape index (κ1) is 6.24. The van der Waals surface area contributed by atoms with Crippen molar-refractivity contribution < 1.29 is 0 Å². The third-order valence-electron chi connectivity index (χ3n) is 2.74. The van der Waals surface area contributed by atoms with Crippen LogP contribution in [0.4, 0.5) is 0 Å². The van der Waals surface area contributed by atoms with Crippen LogP contribution in [-0.2, 0) is 0 Å². The molecule has 12 heavy (non-hydrogen) atoms. The Bertz CT molecular complexity index is 384. The number of allylic oxidation sites excluding steroid dienone is 10. The lowest BCUT2D eigenvalue weighted by Crippen LogP contribution is -1.95. The van der Waals surface area contributed by atoms with Gasteiger partial charge < -0.3 is 0 Å². The zero-order valence-electron chi connectivity index (χ0n) is 6.88. The second-order valence-electron chi connectivity index (χ2n) is 3.43. The lowest BCUT2D eigenvalue weighted by atomic mass is 9.90. The van der Waals surface area contributed by atoms with Gasteiger partial charge in [0.15, 0.2) is 0 Å². The van der Waals surface area contributed by atoms with E-state index < -0.39 is 0 Å². The average molecular weight is 154 g/mol. The van der Waals surface area contributed by atoms with Gasteiger partial charge in [-0.1, -0.05) is 42.0 Å². The van der Waals surface area contributed by atoms with Crippen LogP contribution in [-0.4, -0.2) is 0 Å². The Morgan fingerprint density at radius 3 is 3.08 bits per heavy atom. The molecule has 0 aromatic rings. The Morgan fingerprint density at radius 1 is 1.08 bits per heavy atom. The second-order valence-corrected chi connectivity index (χ2v) is 3.43. The maximum atomic E-state index is 2.33. The molecule has 0 spiro atoms. The van der Waals surface area contributed by atoms with Crippen LogP contribution in [0.5, 0.6) is 0 Å². The van der Waals surface area contributed by atoms with Crippen molar-refractivity contribution in [2.75, 3.05) is 0 Å². The molecule has 0 atom stereocenters. The van der Waals surface area contributed by atoms with Crippen molar-refractivity contribution in [3.63, 3.8) is 0 Å². The topological polar surface area (TPSA) is 0 Å². The van der Waals surface area contributed by atoms with Gasteiger partial charge >= 0.3 is 0 Å². The highest BCUT2D eigenvalue weighted by Crippen LogP contribution is 2.38. The lowest BCUT2D eigenvalue weighted by Gasteiger charge is -2.14. The number of rotatable bonds is 0. The van der Waals surface area contributed by atoms with Gasteiger partial charge in [-0.25, -0.2) is 0 Å². The van der Waals surface area contributed by atoms with Gasteiger partial charge in [0, 0.05) is 0 Å². The van der Waals surface area contributed by atoms with Crippen LogP contribution in [0.15, 0.2) is 58.7 Å². The molecular weight excluding hydrogens is 144 g/mol. The van der Waals surface area contributed by atoms with Crippen molar-refractivity contribution in [3.05, 3.63) is 58.7 Å². The summed E-state index contributed by atoms with van der Waals surface area (Å²) >= 11 is 0. The molecule has 0 aliphatic heterocycles. The maximum Gasteiger partial charge on any atom is -0.0115 e. The van der Waals surface area contributed by atoms with Gasteiger partial charge in [-0.3, -0.25) is 0 Å². The van der Waals surface area contributed by atoms with E-state index in [1.54, 1.807) is 5.57 Å². The van der Waals surface area contributed by atoms with E-state index in [1.165, 1.54) is 16.7 Å². The molecule has 3 rings (SSSR count). The summed E-state index contributed by atoms with van der Waals surface area (Å²) in [6.07, 6.45) is 15.7. The molecule has 0 radical (unpaired) electrons. The average Bonchev–Trinajstić information content (AvgIpc) is 2.71. The minimum absolute atomic E-state index is 1.15. The summed E-state index contributed by atoms with van der Waals surface area (Å²) < 4.78 is 0. The quantitative estimate of drug-likeness (QED) is 0.503. The summed E-state index contributed by atoms with van der Waals surface area (Å²) in [5, 5.41) is 0. The summed E-state index contributed by atoms with van der Waals surface area (Å²) in [5.74, 6) is 0. The highest BCUT2D eigenvalue weighted by molar-refractivity contribution is 5.66. The van der Waals surface area contributed by atoms with E-state index in [0.717, 1.165) is 12.8 Å². The van der Waals surface area contributed by atoms with E-state index in [1.807, 2.05) is 0 Å². The van der Waals surface area contributed by atoms with Crippen LogP contribution in [0, 0.1) is 0 Å². The number of hydrogen-bond donors (Lipinski definition) is 0. The van der Waals surface area contributed by atoms with Crippen molar-refractivity contribution in [1.29, 1.82) is 0 Å². The van der Waals surface area contributed by atoms with Crippen LogP contribution in [0.3, 0.4) is 0 Å². The summed E-state index contributed by atoms with van der Waals surface area (Å²) in [6, 6.07) is 0. The van der Waals surface area contributed by atoms with E-state index in [2.05, 4.69) is 36.5 Å². The molecule has 0 aromatic carbocycles. The molecule has 0 heteroatoms. The van der Waals surface area contributed by atoms with Gasteiger partial charge in [-0.05, 0) is 29.6 Å². The van der Waals surface area contributed by atoms with Gasteiger partial charge in [0.25, 0.3) is 0 Å². The van der Waals surface area contributed by atoms with Crippen LogP contribution in [0.25, 0.3) is 0 Å². The molecule has 0 nitrogen and oxygen atoms in total. The Hall–Kier alpha value is -1.30. The Labute approximate surface area is 72.3 Å².